The molecule has 23 heavy (non-hydrogen) atoms. The van der Waals surface area contributed by atoms with Gasteiger partial charge in [0.1, 0.15) is 5.75 Å². The highest BCUT2D eigenvalue weighted by Gasteiger charge is 2.35. The molecule has 0 aliphatic rings. The van der Waals surface area contributed by atoms with Crippen LogP contribution < -0.4 is 9.46 Å². The topological polar surface area (TPSA) is 75.6 Å². The van der Waals surface area contributed by atoms with Crippen LogP contribution >= 0.6 is 22.9 Å². The molecule has 5 nitrogen and oxygen atoms in total. The Morgan fingerprint density at radius 3 is 2.57 bits per heavy atom. The minimum absolute atomic E-state index is 0.246. The van der Waals surface area contributed by atoms with E-state index in [0.717, 1.165) is 18.2 Å². The minimum Gasteiger partial charge on any atom is -0.506 e. The van der Waals surface area contributed by atoms with E-state index in [-0.39, 0.29) is 6.54 Å². The lowest BCUT2D eigenvalue weighted by Crippen LogP contribution is -2.25. The van der Waals surface area contributed by atoms with E-state index in [9.17, 15) is 26.7 Å². The number of benzene rings is 1. The minimum atomic E-state index is -5.10. The van der Waals surface area contributed by atoms with Crippen molar-refractivity contribution in [3.05, 3.63) is 39.5 Å². The molecule has 1 aromatic carbocycles. The van der Waals surface area contributed by atoms with Crippen molar-refractivity contribution >= 4 is 33.0 Å². The third-order valence-electron chi connectivity index (χ3n) is 2.60. The number of halogens is 4. The Labute approximate surface area is 138 Å². The predicted molar refractivity (Wildman–Crippen MR) is 78.1 cm³/mol. The second-order valence-electron chi connectivity index (χ2n) is 4.20. The average molecular weight is 388 g/mol. The van der Waals surface area contributed by atoms with Crippen molar-refractivity contribution in [3.8, 4) is 11.5 Å². The Kier molecular flexibility index (Phi) is 5.09. The van der Waals surface area contributed by atoms with Crippen molar-refractivity contribution in [2.45, 2.75) is 17.8 Å². The first-order valence-corrected chi connectivity index (χ1v) is 8.63. The number of phenolic OH excluding ortho intramolecular Hbond substituents is 1. The van der Waals surface area contributed by atoms with Gasteiger partial charge in [-0.25, -0.2) is 13.1 Å². The van der Waals surface area contributed by atoms with E-state index in [2.05, 4.69) is 9.46 Å². The van der Waals surface area contributed by atoms with Gasteiger partial charge in [0.25, 0.3) is 0 Å². The first-order valence-electron chi connectivity index (χ1n) is 5.89. The summed E-state index contributed by atoms with van der Waals surface area (Å²) < 4.78 is 67.6. The molecule has 0 amide bonds. The Bertz CT molecular complexity index is 805. The van der Waals surface area contributed by atoms with Crippen molar-refractivity contribution < 1.29 is 31.4 Å². The third kappa shape index (κ3) is 4.50. The van der Waals surface area contributed by atoms with Crippen LogP contribution in [0.15, 0.2) is 34.5 Å². The molecule has 0 saturated carbocycles. The summed E-state index contributed by atoms with van der Waals surface area (Å²) in [5, 5.41) is 11.3. The highest BCUT2D eigenvalue weighted by Crippen LogP contribution is 2.35. The Hall–Kier alpha value is -1.49. The molecule has 0 unspecified atom stereocenters. The molecule has 11 heteroatoms. The molecule has 2 rings (SSSR count). The number of aromatic hydroxyl groups is 1. The van der Waals surface area contributed by atoms with Crippen molar-refractivity contribution in [3.63, 3.8) is 0 Å². The molecule has 0 aliphatic carbocycles. The monoisotopic (exact) mass is 387 g/mol. The molecule has 0 radical (unpaired) electrons. The van der Waals surface area contributed by atoms with E-state index < -0.39 is 32.8 Å². The molecule has 1 heterocycles. The standard InChI is InChI=1S/C12H9ClF3NO4S2/c13-11-7(4-5-22-11)6-17-23(19,20)10-8(18)2-1-3-9(10)21-12(14,15)16/h1-5,17-18H,6H2. The van der Waals surface area contributed by atoms with Gasteiger partial charge in [0, 0.05) is 6.54 Å². The largest absolute Gasteiger partial charge is 0.573 e. The normalized spacial score (nSPS) is 12.3. The van der Waals surface area contributed by atoms with Crippen LogP contribution in [0.5, 0.6) is 11.5 Å². The van der Waals surface area contributed by atoms with E-state index in [0.29, 0.717) is 9.90 Å². The number of hydrogen-bond acceptors (Lipinski definition) is 5. The molecule has 0 bridgehead atoms. The second-order valence-corrected chi connectivity index (χ2v) is 7.42. The fourth-order valence-corrected chi connectivity index (χ4v) is 3.81. The van der Waals surface area contributed by atoms with Crippen LogP contribution in [0.4, 0.5) is 13.2 Å². The lowest BCUT2D eigenvalue weighted by atomic mass is 10.3. The molecule has 0 aliphatic heterocycles. The van der Waals surface area contributed by atoms with Crippen molar-refractivity contribution in [2.75, 3.05) is 0 Å². The number of rotatable bonds is 5. The van der Waals surface area contributed by atoms with Gasteiger partial charge in [0.2, 0.25) is 10.0 Å². The number of ether oxygens (including phenoxy) is 1. The van der Waals surface area contributed by atoms with Crippen LogP contribution in [0.1, 0.15) is 5.56 Å². The van der Waals surface area contributed by atoms with Gasteiger partial charge >= 0.3 is 6.36 Å². The van der Waals surface area contributed by atoms with Crippen LogP contribution in [0.2, 0.25) is 4.34 Å². The predicted octanol–water partition coefficient (Wildman–Crippen LogP) is 3.48. The fourth-order valence-electron chi connectivity index (χ4n) is 1.67. The van der Waals surface area contributed by atoms with E-state index in [1.165, 1.54) is 11.3 Å². The van der Waals surface area contributed by atoms with Gasteiger partial charge in [-0.2, -0.15) is 0 Å². The van der Waals surface area contributed by atoms with Crippen LogP contribution in [-0.2, 0) is 16.6 Å². The second kappa shape index (κ2) is 6.56. The summed E-state index contributed by atoms with van der Waals surface area (Å²) in [7, 11) is -4.47. The van der Waals surface area contributed by atoms with Gasteiger partial charge in [-0.3, -0.25) is 0 Å². The Balaban J connectivity index is 2.33. The highest BCUT2D eigenvalue weighted by atomic mass is 35.5. The summed E-state index contributed by atoms with van der Waals surface area (Å²) in [6.07, 6.45) is -5.10. The molecule has 2 N–H and O–H groups in total. The van der Waals surface area contributed by atoms with Crippen LogP contribution in [-0.4, -0.2) is 19.9 Å². The quantitative estimate of drug-likeness (QED) is 0.823. The molecule has 0 fully saturated rings. The number of hydrogen-bond donors (Lipinski definition) is 2. The zero-order valence-corrected chi connectivity index (χ0v) is 13.5. The molecule has 1 aromatic heterocycles. The van der Waals surface area contributed by atoms with Gasteiger partial charge < -0.3 is 9.84 Å². The SMILES string of the molecule is O=S(=O)(NCc1ccsc1Cl)c1c(O)cccc1OC(F)(F)F. The van der Waals surface area contributed by atoms with E-state index in [1.807, 2.05) is 0 Å². The van der Waals surface area contributed by atoms with Gasteiger partial charge in [0.05, 0.1) is 4.34 Å². The van der Waals surface area contributed by atoms with E-state index in [4.69, 9.17) is 11.6 Å². The summed E-state index contributed by atoms with van der Waals surface area (Å²) in [6, 6.07) is 4.33. The first kappa shape index (κ1) is 17.9. The number of alkyl halides is 3. The fraction of sp³-hybridized carbons (Fsp3) is 0.167. The summed E-state index contributed by atoms with van der Waals surface area (Å²) in [4.78, 5) is -0.997. The summed E-state index contributed by atoms with van der Waals surface area (Å²) >= 11 is 7.00. The van der Waals surface area contributed by atoms with Crippen molar-refractivity contribution in [2.24, 2.45) is 0 Å². The van der Waals surface area contributed by atoms with Crippen molar-refractivity contribution in [1.29, 1.82) is 0 Å². The lowest BCUT2D eigenvalue weighted by molar-refractivity contribution is -0.275. The maximum Gasteiger partial charge on any atom is 0.573 e. The number of thiophene rings is 1. The molecule has 0 atom stereocenters. The van der Waals surface area contributed by atoms with Gasteiger partial charge in [0.15, 0.2) is 10.6 Å². The van der Waals surface area contributed by atoms with Crippen LogP contribution in [0, 0.1) is 0 Å². The van der Waals surface area contributed by atoms with Gasteiger partial charge in [-0.15, -0.1) is 24.5 Å². The first-order chi connectivity index (χ1) is 10.6. The molecular formula is C12H9ClF3NO4S2. The lowest BCUT2D eigenvalue weighted by Gasteiger charge is -2.15. The van der Waals surface area contributed by atoms with E-state index >= 15 is 0 Å². The van der Waals surface area contributed by atoms with Crippen molar-refractivity contribution in [1.82, 2.24) is 4.72 Å². The molecule has 126 valence electrons. The highest BCUT2D eigenvalue weighted by molar-refractivity contribution is 7.89. The number of sulfonamides is 1. The van der Waals surface area contributed by atoms with Gasteiger partial charge in [-0.1, -0.05) is 17.7 Å². The Morgan fingerprint density at radius 2 is 2.00 bits per heavy atom. The summed E-state index contributed by atoms with van der Waals surface area (Å²) in [6.45, 7) is -0.246. The number of phenols is 1. The van der Waals surface area contributed by atoms with Crippen LogP contribution in [0.3, 0.4) is 0 Å². The Morgan fingerprint density at radius 1 is 1.30 bits per heavy atom. The summed E-state index contributed by atoms with van der Waals surface area (Å²) in [5.41, 5.74) is 0.453. The summed E-state index contributed by atoms with van der Waals surface area (Å²) in [5.74, 6) is -1.89. The maximum absolute atomic E-state index is 12.4. The number of nitrogens with one attached hydrogen (secondary N) is 1. The van der Waals surface area contributed by atoms with E-state index in [1.54, 1.807) is 11.4 Å². The maximum atomic E-state index is 12.4. The molecule has 0 saturated heterocycles. The molecule has 2 aromatic rings. The zero-order valence-electron chi connectivity index (χ0n) is 11.1. The average Bonchev–Trinajstić information content (AvgIpc) is 2.80. The van der Waals surface area contributed by atoms with Crippen LogP contribution in [0.25, 0.3) is 0 Å². The zero-order chi connectivity index (χ0) is 17.3. The molecule has 0 spiro atoms. The van der Waals surface area contributed by atoms with Gasteiger partial charge in [-0.05, 0) is 29.1 Å². The smallest absolute Gasteiger partial charge is 0.506 e. The third-order valence-corrected chi connectivity index (χ3v) is 5.32. The molecular weight excluding hydrogens is 379 g/mol.